The van der Waals surface area contributed by atoms with Gasteiger partial charge >= 0.3 is 0 Å². The van der Waals surface area contributed by atoms with Gasteiger partial charge in [-0.05, 0) is 40.6 Å². The van der Waals surface area contributed by atoms with Gasteiger partial charge < -0.3 is 0 Å². The predicted octanol–water partition coefficient (Wildman–Crippen LogP) is 2.51. The molecule has 6 heteroatoms. The summed E-state index contributed by atoms with van der Waals surface area (Å²) in [6.07, 6.45) is 4.42. The number of rotatable bonds is 2. The van der Waals surface area contributed by atoms with Crippen LogP contribution in [0.5, 0.6) is 0 Å². The normalized spacial score (nSPS) is 21.6. The van der Waals surface area contributed by atoms with Gasteiger partial charge in [0.15, 0.2) is 9.84 Å². The Morgan fingerprint density at radius 3 is 2.79 bits per heavy atom. The molecule has 0 saturated carbocycles. The van der Waals surface area contributed by atoms with E-state index in [4.69, 9.17) is 0 Å². The van der Waals surface area contributed by atoms with Gasteiger partial charge in [-0.15, -0.1) is 0 Å². The second-order valence-corrected chi connectivity index (χ2v) is 8.14. The predicted molar refractivity (Wildman–Crippen MR) is 82.7 cm³/mol. The van der Waals surface area contributed by atoms with Crippen LogP contribution in [-0.4, -0.2) is 29.7 Å². The van der Waals surface area contributed by atoms with Crippen molar-refractivity contribution in [1.82, 2.24) is 9.78 Å². The molecule has 0 bridgehead atoms. The highest BCUT2D eigenvalue weighted by Gasteiger charge is 2.29. The molecular weight excluding hydrogens is 375 g/mol. The largest absolute Gasteiger partial charge is 0.268 e. The van der Waals surface area contributed by atoms with Gasteiger partial charge in [0.2, 0.25) is 0 Å². The summed E-state index contributed by atoms with van der Waals surface area (Å²) in [5.41, 5.74) is 2.17. The van der Waals surface area contributed by atoms with E-state index in [1.54, 1.807) is 4.68 Å². The molecule has 0 radical (unpaired) electrons. The van der Waals surface area contributed by atoms with Crippen molar-refractivity contribution in [1.29, 1.82) is 0 Å². The molecular formula is C13H13IN2O2S. The first-order valence-electron chi connectivity index (χ1n) is 6.05. The van der Waals surface area contributed by atoms with E-state index in [1.165, 1.54) is 3.57 Å². The first-order valence-corrected chi connectivity index (χ1v) is 8.95. The Balaban J connectivity index is 1.91. The lowest BCUT2D eigenvalue weighted by Crippen LogP contribution is -2.11. The van der Waals surface area contributed by atoms with Crippen molar-refractivity contribution < 1.29 is 8.42 Å². The fourth-order valence-corrected chi connectivity index (χ4v) is 4.76. The van der Waals surface area contributed by atoms with E-state index in [1.807, 2.05) is 30.6 Å². The van der Waals surface area contributed by atoms with Gasteiger partial charge in [-0.1, -0.05) is 18.2 Å². The molecule has 100 valence electrons. The minimum Gasteiger partial charge on any atom is -0.268 e. The summed E-state index contributed by atoms with van der Waals surface area (Å²) in [6.45, 7) is 0. The molecule has 4 nitrogen and oxygen atoms in total. The van der Waals surface area contributed by atoms with E-state index in [-0.39, 0.29) is 17.5 Å². The highest BCUT2D eigenvalue weighted by molar-refractivity contribution is 14.1. The minimum atomic E-state index is -2.87. The lowest BCUT2D eigenvalue weighted by molar-refractivity contribution is 0.500. The van der Waals surface area contributed by atoms with E-state index >= 15 is 0 Å². The van der Waals surface area contributed by atoms with Crippen LogP contribution in [-0.2, 0) is 9.84 Å². The lowest BCUT2D eigenvalue weighted by atomic mass is 10.1. The molecule has 1 fully saturated rings. The number of nitrogens with zero attached hydrogens (tertiary/aromatic N) is 2. The van der Waals surface area contributed by atoms with Crippen LogP contribution in [0.2, 0.25) is 0 Å². The number of aromatic nitrogens is 2. The van der Waals surface area contributed by atoms with Gasteiger partial charge in [-0.25, -0.2) is 8.42 Å². The number of hydrogen-bond acceptors (Lipinski definition) is 3. The number of halogens is 1. The van der Waals surface area contributed by atoms with Crippen molar-refractivity contribution in [2.24, 2.45) is 0 Å². The Bertz CT molecular complexity index is 709. The fraction of sp³-hybridized carbons (Fsp3) is 0.308. The maximum Gasteiger partial charge on any atom is 0.152 e. The second-order valence-electron chi connectivity index (χ2n) is 4.75. The molecule has 1 unspecified atom stereocenters. The molecule has 19 heavy (non-hydrogen) atoms. The van der Waals surface area contributed by atoms with Gasteiger partial charge in [0.05, 0.1) is 23.7 Å². The highest BCUT2D eigenvalue weighted by atomic mass is 127. The molecule has 0 N–H and O–H groups in total. The van der Waals surface area contributed by atoms with Crippen molar-refractivity contribution >= 4 is 32.4 Å². The first kappa shape index (κ1) is 13.1. The number of sulfone groups is 1. The topological polar surface area (TPSA) is 52.0 Å². The summed E-state index contributed by atoms with van der Waals surface area (Å²) >= 11 is 2.29. The zero-order valence-electron chi connectivity index (χ0n) is 10.2. The average Bonchev–Trinajstić information content (AvgIpc) is 2.96. The molecule has 1 atom stereocenters. The van der Waals surface area contributed by atoms with E-state index in [2.05, 4.69) is 33.8 Å². The average molecular weight is 388 g/mol. The molecule has 2 aromatic rings. The maximum atomic E-state index is 11.5. The molecule has 1 aliphatic heterocycles. The zero-order valence-corrected chi connectivity index (χ0v) is 13.1. The Morgan fingerprint density at radius 1 is 1.32 bits per heavy atom. The SMILES string of the molecule is O=S1(=O)CCC(n2cc(-c3ccccc3I)cn2)C1. The molecule has 1 saturated heterocycles. The number of benzene rings is 1. The lowest BCUT2D eigenvalue weighted by Gasteiger charge is -2.07. The summed E-state index contributed by atoms with van der Waals surface area (Å²) in [6, 6.07) is 8.08. The van der Waals surface area contributed by atoms with Gasteiger partial charge in [0.1, 0.15) is 0 Å². The van der Waals surface area contributed by atoms with Crippen molar-refractivity contribution in [3.63, 3.8) is 0 Å². The van der Waals surface area contributed by atoms with E-state index in [0.29, 0.717) is 6.42 Å². The van der Waals surface area contributed by atoms with E-state index < -0.39 is 9.84 Å². The molecule has 2 heterocycles. The first-order chi connectivity index (χ1) is 9.05. The van der Waals surface area contributed by atoms with Crippen LogP contribution in [0, 0.1) is 3.57 Å². The van der Waals surface area contributed by atoms with Crippen molar-refractivity contribution in [2.45, 2.75) is 12.5 Å². The number of hydrogen-bond donors (Lipinski definition) is 0. The maximum absolute atomic E-state index is 11.5. The van der Waals surface area contributed by atoms with Crippen LogP contribution in [0.1, 0.15) is 12.5 Å². The van der Waals surface area contributed by atoms with Crippen LogP contribution in [0.15, 0.2) is 36.7 Å². The fourth-order valence-electron chi connectivity index (χ4n) is 2.36. The molecule has 0 amide bonds. The third kappa shape index (κ3) is 2.69. The summed E-state index contributed by atoms with van der Waals surface area (Å²) in [5.74, 6) is 0.482. The second kappa shape index (κ2) is 4.90. The molecule has 1 aromatic heterocycles. The molecule has 1 aromatic carbocycles. The third-order valence-corrected chi connectivity index (χ3v) is 6.06. The third-order valence-electron chi connectivity index (χ3n) is 3.37. The highest BCUT2D eigenvalue weighted by Crippen LogP contribution is 2.28. The van der Waals surface area contributed by atoms with Crippen LogP contribution in [0.3, 0.4) is 0 Å². The van der Waals surface area contributed by atoms with Crippen LogP contribution < -0.4 is 0 Å². The van der Waals surface area contributed by atoms with Crippen molar-refractivity contribution in [3.05, 3.63) is 40.2 Å². The molecule has 0 spiro atoms. The van der Waals surface area contributed by atoms with Crippen LogP contribution >= 0.6 is 22.6 Å². The summed E-state index contributed by atoms with van der Waals surface area (Å²) < 4.78 is 26.0. The Kier molecular flexibility index (Phi) is 3.38. The molecule has 1 aliphatic rings. The summed E-state index contributed by atoms with van der Waals surface area (Å²) in [7, 11) is -2.87. The Morgan fingerprint density at radius 2 is 2.11 bits per heavy atom. The van der Waals surface area contributed by atoms with Gasteiger partial charge in [-0.3, -0.25) is 4.68 Å². The molecule has 0 aliphatic carbocycles. The Labute approximate surface area is 125 Å². The quantitative estimate of drug-likeness (QED) is 0.743. The van der Waals surface area contributed by atoms with Crippen molar-refractivity contribution in [3.8, 4) is 11.1 Å². The van der Waals surface area contributed by atoms with Gasteiger partial charge in [0, 0.05) is 15.3 Å². The smallest absolute Gasteiger partial charge is 0.152 e. The monoisotopic (exact) mass is 388 g/mol. The Hall–Kier alpha value is -0.890. The van der Waals surface area contributed by atoms with Gasteiger partial charge in [0.25, 0.3) is 0 Å². The van der Waals surface area contributed by atoms with Gasteiger partial charge in [-0.2, -0.15) is 5.10 Å². The molecule has 3 rings (SSSR count). The van der Waals surface area contributed by atoms with Crippen molar-refractivity contribution in [2.75, 3.05) is 11.5 Å². The van der Waals surface area contributed by atoms with E-state index in [9.17, 15) is 8.42 Å². The summed E-state index contributed by atoms with van der Waals surface area (Å²) in [4.78, 5) is 0. The summed E-state index contributed by atoms with van der Waals surface area (Å²) in [5, 5.41) is 4.33. The standard InChI is InChI=1S/C13H13IN2O2S/c14-13-4-2-1-3-12(13)10-7-15-16(8-10)11-5-6-19(17,18)9-11/h1-4,7-8,11H,5-6,9H2. The van der Waals surface area contributed by atoms with Crippen LogP contribution in [0.25, 0.3) is 11.1 Å². The van der Waals surface area contributed by atoms with Crippen LogP contribution in [0.4, 0.5) is 0 Å². The van der Waals surface area contributed by atoms with E-state index in [0.717, 1.165) is 11.1 Å². The minimum absolute atomic E-state index is 0.0138. The zero-order chi connectivity index (χ0) is 13.5.